The first-order chi connectivity index (χ1) is 15.9. The van der Waals surface area contributed by atoms with E-state index in [0.29, 0.717) is 41.7 Å². The smallest absolute Gasteiger partial charge is 0.303 e. The minimum absolute atomic E-state index is 0.0667. The van der Waals surface area contributed by atoms with Crippen LogP contribution in [0.3, 0.4) is 0 Å². The summed E-state index contributed by atoms with van der Waals surface area (Å²) in [6.45, 7) is 4.34. The maximum Gasteiger partial charge on any atom is 0.303 e. The van der Waals surface area contributed by atoms with Crippen molar-refractivity contribution < 1.29 is 19.0 Å². The summed E-state index contributed by atoms with van der Waals surface area (Å²) in [6, 6.07) is 12.0. The lowest BCUT2D eigenvalue weighted by molar-refractivity contribution is -0.138. The number of aromatic nitrogens is 2. The Hall–Kier alpha value is -3.03. The van der Waals surface area contributed by atoms with Gasteiger partial charge in [-0.05, 0) is 24.1 Å². The molecule has 0 saturated carbocycles. The second kappa shape index (κ2) is 10.3. The van der Waals surface area contributed by atoms with E-state index in [2.05, 4.69) is 14.9 Å². The van der Waals surface area contributed by atoms with Gasteiger partial charge in [0.15, 0.2) is 5.82 Å². The Labute approximate surface area is 197 Å². The molecule has 0 radical (unpaired) electrons. The maximum absolute atomic E-state index is 14.8. The molecule has 1 unspecified atom stereocenters. The number of ether oxygens (including phenoxy) is 1. The second-order valence-electron chi connectivity index (χ2n) is 8.38. The number of halogens is 2. The van der Waals surface area contributed by atoms with Crippen molar-refractivity contribution in [1.29, 1.82) is 0 Å². The van der Waals surface area contributed by atoms with Crippen LogP contribution in [-0.2, 0) is 24.4 Å². The van der Waals surface area contributed by atoms with E-state index in [-0.39, 0.29) is 18.9 Å². The largest absolute Gasteiger partial charge is 0.489 e. The first-order valence-electron chi connectivity index (χ1n) is 10.8. The lowest BCUT2D eigenvalue weighted by atomic mass is 10.0. The molecule has 0 spiro atoms. The van der Waals surface area contributed by atoms with Gasteiger partial charge in [-0.2, -0.15) is 0 Å². The third kappa shape index (κ3) is 5.86. The number of carbonyl (C=O) groups is 1. The fourth-order valence-corrected chi connectivity index (χ4v) is 4.20. The van der Waals surface area contributed by atoms with Crippen molar-refractivity contribution in [3.05, 3.63) is 76.3 Å². The lowest BCUT2D eigenvalue weighted by Gasteiger charge is -2.29. The van der Waals surface area contributed by atoms with Gasteiger partial charge in [-0.15, -0.1) is 0 Å². The summed E-state index contributed by atoms with van der Waals surface area (Å²) in [6.07, 6.45) is 2.61. The van der Waals surface area contributed by atoms with Crippen molar-refractivity contribution >= 4 is 17.6 Å². The van der Waals surface area contributed by atoms with Crippen LogP contribution in [-0.4, -0.2) is 39.0 Å². The molecule has 0 saturated heterocycles. The second-order valence-corrected chi connectivity index (χ2v) is 8.78. The zero-order chi connectivity index (χ0) is 23.4. The zero-order valence-electron chi connectivity index (χ0n) is 18.3. The molecule has 6 nitrogen and oxygen atoms in total. The third-order valence-electron chi connectivity index (χ3n) is 5.64. The molecule has 2 aromatic carbocycles. The van der Waals surface area contributed by atoms with Crippen LogP contribution < -0.4 is 4.74 Å². The van der Waals surface area contributed by atoms with Gasteiger partial charge in [-0.25, -0.2) is 14.4 Å². The van der Waals surface area contributed by atoms with E-state index >= 15 is 0 Å². The van der Waals surface area contributed by atoms with Gasteiger partial charge >= 0.3 is 5.97 Å². The van der Waals surface area contributed by atoms with Crippen LogP contribution >= 0.6 is 11.6 Å². The predicted octanol–water partition coefficient (Wildman–Crippen LogP) is 4.98. The molecule has 1 aromatic heterocycles. The molecular formula is C25H25ClFN3O3. The summed E-state index contributed by atoms with van der Waals surface area (Å²) >= 11 is 6.14. The van der Waals surface area contributed by atoms with Gasteiger partial charge in [0.1, 0.15) is 18.2 Å². The van der Waals surface area contributed by atoms with Crippen molar-refractivity contribution in [3.8, 4) is 17.1 Å². The maximum atomic E-state index is 14.8. The highest BCUT2D eigenvalue weighted by molar-refractivity contribution is 6.31. The van der Waals surface area contributed by atoms with E-state index in [4.69, 9.17) is 21.4 Å². The monoisotopic (exact) mass is 469 g/mol. The molecule has 2 heterocycles. The van der Waals surface area contributed by atoms with Crippen LogP contribution in [0.1, 0.15) is 30.2 Å². The Morgan fingerprint density at radius 3 is 2.88 bits per heavy atom. The molecular weight excluding hydrogens is 445 g/mol. The Balaban J connectivity index is 1.42. The van der Waals surface area contributed by atoms with Crippen LogP contribution in [0.15, 0.2) is 48.7 Å². The average Bonchev–Trinajstić information content (AvgIpc) is 2.78. The fraction of sp³-hybridized carbons (Fsp3) is 0.320. The van der Waals surface area contributed by atoms with Crippen LogP contribution in [0.2, 0.25) is 5.02 Å². The standard InChI is InChI=1S/C25H25ClFN3O3/c1-16(10-24(31)32)13-30-9-8-23-18(14-30)12-28-25(29-23)20-7-6-19(11-22(20)27)33-15-17-4-2-3-5-21(17)26/h2-7,11-12,16H,8-10,13-15H2,1H3,(H,31,32). The zero-order valence-corrected chi connectivity index (χ0v) is 19.1. The van der Waals surface area contributed by atoms with Gasteiger partial charge in [-0.1, -0.05) is 36.7 Å². The first-order valence-corrected chi connectivity index (χ1v) is 11.2. The molecule has 4 rings (SSSR count). The van der Waals surface area contributed by atoms with Gasteiger partial charge in [0, 0.05) is 60.9 Å². The fourth-order valence-electron chi connectivity index (χ4n) is 4.01. The number of aliphatic carboxylic acids is 1. The molecule has 0 fully saturated rings. The molecule has 172 valence electrons. The van der Waals surface area contributed by atoms with Gasteiger partial charge in [0.05, 0.1) is 11.3 Å². The van der Waals surface area contributed by atoms with E-state index in [0.717, 1.165) is 23.4 Å². The van der Waals surface area contributed by atoms with Crippen LogP contribution in [0.25, 0.3) is 11.4 Å². The predicted molar refractivity (Wildman–Crippen MR) is 124 cm³/mol. The molecule has 0 amide bonds. The van der Waals surface area contributed by atoms with E-state index in [9.17, 15) is 9.18 Å². The number of carboxylic acid groups (broad SMARTS) is 1. The van der Waals surface area contributed by atoms with Gasteiger partial charge < -0.3 is 9.84 Å². The van der Waals surface area contributed by atoms with Gasteiger partial charge in [0.2, 0.25) is 0 Å². The summed E-state index contributed by atoms with van der Waals surface area (Å²) < 4.78 is 20.5. The molecule has 3 aromatic rings. The molecule has 0 bridgehead atoms. The van der Waals surface area contributed by atoms with Crippen molar-refractivity contribution in [1.82, 2.24) is 14.9 Å². The molecule has 1 N–H and O–H groups in total. The Bertz CT molecular complexity index is 1160. The van der Waals surface area contributed by atoms with Gasteiger partial charge in [0.25, 0.3) is 0 Å². The van der Waals surface area contributed by atoms with Crippen molar-refractivity contribution in [3.63, 3.8) is 0 Å². The summed E-state index contributed by atoms with van der Waals surface area (Å²) in [7, 11) is 0. The van der Waals surface area contributed by atoms with E-state index < -0.39 is 11.8 Å². The first kappa shape index (κ1) is 23.1. The molecule has 8 heteroatoms. The van der Waals surface area contributed by atoms with E-state index in [1.54, 1.807) is 24.4 Å². The minimum atomic E-state index is -0.782. The highest BCUT2D eigenvalue weighted by Crippen LogP contribution is 2.27. The number of hydrogen-bond acceptors (Lipinski definition) is 5. The summed E-state index contributed by atoms with van der Waals surface area (Å²) in [5.41, 5.74) is 3.04. The minimum Gasteiger partial charge on any atom is -0.489 e. The third-order valence-corrected chi connectivity index (χ3v) is 6.01. The summed E-state index contributed by atoms with van der Waals surface area (Å²) in [5.74, 6) is -0.421. The number of benzene rings is 2. The topological polar surface area (TPSA) is 75.5 Å². The number of nitrogens with zero attached hydrogens (tertiary/aromatic N) is 3. The Kier molecular flexibility index (Phi) is 7.20. The Morgan fingerprint density at radius 2 is 2.12 bits per heavy atom. The summed E-state index contributed by atoms with van der Waals surface area (Å²) in [5, 5.41) is 9.56. The van der Waals surface area contributed by atoms with Gasteiger partial charge in [-0.3, -0.25) is 9.69 Å². The highest BCUT2D eigenvalue weighted by Gasteiger charge is 2.22. The molecule has 0 aliphatic carbocycles. The van der Waals surface area contributed by atoms with Crippen molar-refractivity contribution in [2.24, 2.45) is 5.92 Å². The van der Waals surface area contributed by atoms with Crippen molar-refractivity contribution in [2.75, 3.05) is 13.1 Å². The number of rotatable bonds is 8. The molecule has 1 aliphatic rings. The normalized spacial score (nSPS) is 14.5. The number of hydrogen-bond donors (Lipinski definition) is 1. The number of carboxylic acids is 1. The van der Waals surface area contributed by atoms with E-state index in [1.807, 2.05) is 25.1 Å². The van der Waals surface area contributed by atoms with Crippen molar-refractivity contribution in [2.45, 2.75) is 32.9 Å². The number of fused-ring (bicyclic) bond motifs is 1. The van der Waals surface area contributed by atoms with E-state index in [1.165, 1.54) is 6.07 Å². The summed E-state index contributed by atoms with van der Waals surface area (Å²) in [4.78, 5) is 22.1. The van der Waals surface area contributed by atoms with Crippen LogP contribution in [0.4, 0.5) is 4.39 Å². The SMILES string of the molecule is CC(CC(=O)O)CN1CCc2nc(-c3ccc(OCc4ccccc4Cl)cc3F)ncc2C1. The van der Waals surface area contributed by atoms with Crippen LogP contribution in [0, 0.1) is 11.7 Å². The Morgan fingerprint density at radius 1 is 1.30 bits per heavy atom. The molecule has 1 atom stereocenters. The van der Waals surface area contributed by atoms with Crippen LogP contribution in [0.5, 0.6) is 5.75 Å². The lowest BCUT2D eigenvalue weighted by Crippen LogP contribution is -2.35. The molecule has 33 heavy (non-hydrogen) atoms. The quantitative estimate of drug-likeness (QED) is 0.501. The molecule has 1 aliphatic heterocycles. The average molecular weight is 470 g/mol. The highest BCUT2D eigenvalue weighted by atomic mass is 35.5.